The molecule has 0 aliphatic heterocycles. The molecule has 8 heteroatoms. The molecule has 1 aromatic heterocycles. The van der Waals surface area contributed by atoms with Gasteiger partial charge >= 0.3 is 5.97 Å². The standard InChI is InChI=1S/C11H14N2O6/c1-6(9(15)12-5-7(14)11(17)18)13-10(16)8-3-2-4-19-8/h2-4,6-7,14H,5H2,1H3,(H,12,15)(H,13,16)(H,17,18)/t6?,7-/m0/s1. The summed E-state index contributed by atoms with van der Waals surface area (Å²) in [7, 11) is 0. The molecule has 0 spiro atoms. The number of aliphatic carboxylic acids is 1. The number of carboxylic acid groups (broad SMARTS) is 1. The number of carbonyl (C=O) groups is 3. The number of nitrogens with one attached hydrogen (secondary N) is 2. The number of carbonyl (C=O) groups excluding carboxylic acids is 2. The van der Waals surface area contributed by atoms with Crippen LogP contribution in [0.2, 0.25) is 0 Å². The minimum Gasteiger partial charge on any atom is -0.479 e. The largest absolute Gasteiger partial charge is 0.479 e. The van der Waals surface area contributed by atoms with Gasteiger partial charge in [0.2, 0.25) is 5.91 Å². The maximum Gasteiger partial charge on any atom is 0.334 e. The van der Waals surface area contributed by atoms with Gasteiger partial charge in [0.05, 0.1) is 12.8 Å². The molecule has 1 rings (SSSR count). The van der Waals surface area contributed by atoms with Crippen LogP contribution in [0.15, 0.2) is 22.8 Å². The number of carboxylic acids is 1. The Labute approximate surface area is 108 Å². The lowest BCUT2D eigenvalue weighted by Gasteiger charge is -2.14. The van der Waals surface area contributed by atoms with E-state index in [9.17, 15) is 14.4 Å². The first-order valence-electron chi connectivity index (χ1n) is 5.44. The minimum atomic E-state index is -1.68. The molecule has 8 nitrogen and oxygen atoms in total. The van der Waals surface area contributed by atoms with Crippen molar-refractivity contribution in [2.45, 2.75) is 19.1 Å². The van der Waals surface area contributed by atoms with Crippen molar-refractivity contribution in [3.63, 3.8) is 0 Å². The number of furan rings is 1. The quantitative estimate of drug-likeness (QED) is 0.522. The van der Waals surface area contributed by atoms with E-state index in [1.807, 2.05) is 0 Å². The monoisotopic (exact) mass is 270 g/mol. The fourth-order valence-corrected chi connectivity index (χ4v) is 1.18. The van der Waals surface area contributed by atoms with Crippen molar-refractivity contribution < 1.29 is 29.0 Å². The summed E-state index contributed by atoms with van der Waals surface area (Å²) in [5.74, 6) is -2.55. The van der Waals surface area contributed by atoms with Gasteiger partial charge in [0.1, 0.15) is 6.04 Å². The Kier molecular flexibility index (Phi) is 5.07. The second-order valence-electron chi connectivity index (χ2n) is 3.77. The molecule has 2 atom stereocenters. The van der Waals surface area contributed by atoms with Crippen molar-refractivity contribution in [2.75, 3.05) is 6.54 Å². The van der Waals surface area contributed by atoms with Gasteiger partial charge in [-0.15, -0.1) is 0 Å². The van der Waals surface area contributed by atoms with E-state index in [0.717, 1.165) is 0 Å². The first-order chi connectivity index (χ1) is 8.91. The van der Waals surface area contributed by atoms with Gasteiger partial charge in [-0.2, -0.15) is 0 Å². The average Bonchev–Trinajstić information content (AvgIpc) is 2.88. The van der Waals surface area contributed by atoms with E-state index in [2.05, 4.69) is 10.6 Å². The summed E-state index contributed by atoms with van der Waals surface area (Å²) in [6, 6.07) is 2.08. The number of rotatable bonds is 6. The summed E-state index contributed by atoms with van der Waals surface area (Å²) >= 11 is 0. The van der Waals surface area contributed by atoms with Gasteiger partial charge < -0.3 is 25.3 Å². The van der Waals surface area contributed by atoms with Crippen molar-refractivity contribution in [3.05, 3.63) is 24.2 Å². The van der Waals surface area contributed by atoms with Gasteiger partial charge in [0.25, 0.3) is 5.91 Å². The Morgan fingerprint density at radius 3 is 2.63 bits per heavy atom. The topological polar surface area (TPSA) is 129 Å². The molecule has 4 N–H and O–H groups in total. The SMILES string of the molecule is CC(NC(=O)c1ccco1)C(=O)NC[C@H](O)C(=O)O. The Balaban J connectivity index is 2.41. The van der Waals surface area contributed by atoms with Crippen LogP contribution in [0.3, 0.4) is 0 Å². The molecular weight excluding hydrogens is 256 g/mol. The highest BCUT2D eigenvalue weighted by Gasteiger charge is 2.20. The van der Waals surface area contributed by atoms with Crippen LogP contribution in [0.1, 0.15) is 17.5 Å². The highest BCUT2D eigenvalue weighted by atomic mass is 16.4. The number of amides is 2. The smallest absolute Gasteiger partial charge is 0.334 e. The summed E-state index contributed by atoms with van der Waals surface area (Å²) < 4.78 is 4.84. The van der Waals surface area contributed by atoms with Gasteiger partial charge in [-0.1, -0.05) is 0 Å². The zero-order chi connectivity index (χ0) is 14.4. The third-order valence-corrected chi connectivity index (χ3v) is 2.24. The van der Waals surface area contributed by atoms with Crippen LogP contribution in [0.5, 0.6) is 0 Å². The second-order valence-corrected chi connectivity index (χ2v) is 3.77. The lowest BCUT2D eigenvalue weighted by molar-refractivity contribution is -0.146. The first kappa shape index (κ1) is 14.7. The molecule has 104 valence electrons. The molecule has 0 saturated heterocycles. The number of hydrogen-bond acceptors (Lipinski definition) is 5. The van der Waals surface area contributed by atoms with Crippen LogP contribution in [-0.2, 0) is 9.59 Å². The van der Waals surface area contributed by atoms with E-state index in [0.29, 0.717) is 0 Å². The van der Waals surface area contributed by atoms with E-state index in [4.69, 9.17) is 14.6 Å². The summed E-state index contributed by atoms with van der Waals surface area (Å²) in [6.45, 7) is 0.985. The van der Waals surface area contributed by atoms with Crippen LogP contribution < -0.4 is 10.6 Å². The van der Waals surface area contributed by atoms with Crippen LogP contribution in [-0.4, -0.2) is 46.7 Å². The second kappa shape index (κ2) is 6.55. The third-order valence-electron chi connectivity index (χ3n) is 2.24. The lowest BCUT2D eigenvalue weighted by atomic mass is 10.2. The Hall–Kier alpha value is -2.35. The predicted molar refractivity (Wildman–Crippen MR) is 62.3 cm³/mol. The summed E-state index contributed by atoms with van der Waals surface area (Å²) in [5.41, 5.74) is 0. The first-order valence-corrected chi connectivity index (χ1v) is 5.44. The van der Waals surface area contributed by atoms with Gasteiger partial charge in [-0.25, -0.2) is 4.79 Å². The Morgan fingerprint density at radius 1 is 1.42 bits per heavy atom. The molecule has 2 amide bonds. The average molecular weight is 270 g/mol. The summed E-state index contributed by atoms with van der Waals surface area (Å²) in [4.78, 5) is 33.4. The van der Waals surface area contributed by atoms with E-state index in [-0.39, 0.29) is 5.76 Å². The fourth-order valence-electron chi connectivity index (χ4n) is 1.18. The number of aliphatic hydroxyl groups excluding tert-OH is 1. The highest BCUT2D eigenvalue weighted by molar-refractivity contribution is 5.95. The molecule has 0 aromatic carbocycles. The predicted octanol–water partition coefficient (Wildman–Crippen LogP) is -1.04. The van der Waals surface area contributed by atoms with E-state index < -0.39 is 36.5 Å². The Morgan fingerprint density at radius 2 is 2.11 bits per heavy atom. The van der Waals surface area contributed by atoms with Crippen LogP contribution >= 0.6 is 0 Å². The van der Waals surface area contributed by atoms with Gasteiger partial charge in [-0.3, -0.25) is 9.59 Å². The highest BCUT2D eigenvalue weighted by Crippen LogP contribution is 1.99. The van der Waals surface area contributed by atoms with Gasteiger partial charge in [0.15, 0.2) is 11.9 Å². The van der Waals surface area contributed by atoms with Gasteiger partial charge in [-0.05, 0) is 19.1 Å². The maximum atomic E-state index is 11.5. The van der Waals surface area contributed by atoms with E-state index in [1.165, 1.54) is 25.3 Å². The number of hydrogen-bond donors (Lipinski definition) is 4. The van der Waals surface area contributed by atoms with E-state index >= 15 is 0 Å². The molecule has 0 bridgehead atoms. The fraction of sp³-hybridized carbons (Fsp3) is 0.364. The minimum absolute atomic E-state index is 0.0604. The molecular formula is C11H14N2O6. The molecule has 1 unspecified atom stereocenters. The summed E-state index contributed by atoms with van der Waals surface area (Å²) in [6.07, 6.45) is -0.361. The molecule has 1 heterocycles. The molecule has 0 aliphatic rings. The molecule has 1 aromatic rings. The summed E-state index contributed by atoms with van der Waals surface area (Å²) in [5, 5.41) is 22.0. The van der Waals surface area contributed by atoms with Crippen molar-refractivity contribution >= 4 is 17.8 Å². The van der Waals surface area contributed by atoms with Crippen molar-refractivity contribution in [3.8, 4) is 0 Å². The molecule has 0 radical (unpaired) electrons. The molecule has 0 aliphatic carbocycles. The molecule has 0 fully saturated rings. The number of aliphatic hydroxyl groups is 1. The zero-order valence-electron chi connectivity index (χ0n) is 10.1. The van der Waals surface area contributed by atoms with Crippen molar-refractivity contribution in [1.82, 2.24) is 10.6 Å². The third kappa shape index (κ3) is 4.43. The van der Waals surface area contributed by atoms with Crippen LogP contribution in [0.25, 0.3) is 0 Å². The van der Waals surface area contributed by atoms with Crippen LogP contribution in [0.4, 0.5) is 0 Å². The zero-order valence-corrected chi connectivity index (χ0v) is 10.1. The van der Waals surface area contributed by atoms with Crippen LogP contribution in [0, 0.1) is 0 Å². The van der Waals surface area contributed by atoms with Crippen molar-refractivity contribution in [1.29, 1.82) is 0 Å². The van der Waals surface area contributed by atoms with Gasteiger partial charge in [0, 0.05) is 0 Å². The Bertz CT molecular complexity index is 456. The molecule has 19 heavy (non-hydrogen) atoms. The van der Waals surface area contributed by atoms with E-state index in [1.54, 1.807) is 0 Å². The lowest BCUT2D eigenvalue weighted by Crippen LogP contribution is -2.47. The normalized spacial score (nSPS) is 13.4. The van der Waals surface area contributed by atoms with Crippen molar-refractivity contribution in [2.24, 2.45) is 0 Å². The molecule has 0 saturated carbocycles. The maximum absolute atomic E-state index is 11.5.